The molecule has 3 nitrogen and oxygen atoms in total. The molecule has 140 valence electrons. The highest BCUT2D eigenvalue weighted by Gasteiger charge is 2.22. The Morgan fingerprint density at radius 2 is 1.73 bits per heavy atom. The SMILES string of the molecule is Cc1ccc([C@H](OC[C@@H](O)CN2CCCC[C@H]2C)c2ccccc2)cc1. The Hall–Kier alpha value is -1.68. The summed E-state index contributed by atoms with van der Waals surface area (Å²) in [5.74, 6) is 0. The zero-order chi connectivity index (χ0) is 18.4. The highest BCUT2D eigenvalue weighted by Crippen LogP contribution is 2.26. The lowest BCUT2D eigenvalue weighted by Crippen LogP contribution is -2.43. The second-order valence-corrected chi connectivity index (χ2v) is 7.53. The molecule has 26 heavy (non-hydrogen) atoms. The van der Waals surface area contributed by atoms with Crippen LogP contribution in [0.2, 0.25) is 0 Å². The average Bonchev–Trinajstić information content (AvgIpc) is 2.66. The Bertz CT molecular complexity index is 656. The van der Waals surface area contributed by atoms with Crippen molar-refractivity contribution in [3.05, 3.63) is 71.3 Å². The number of aliphatic hydroxyl groups excluding tert-OH is 1. The number of β-amino-alcohol motifs (C(OH)–C–C–N with tert-alkyl or cyclic N) is 1. The van der Waals surface area contributed by atoms with Gasteiger partial charge in [0.05, 0.1) is 12.7 Å². The van der Waals surface area contributed by atoms with Crippen LogP contribution in [-0.4, -0.2) is 41.8 Å². The molecule has 3 heteroatoms. The molecular formula is C23H31NO2. The minimum Gasteiger partial charge on any atom is -0.389 e. The number of likely N-dealkylation sites (tertiary alicyclic amines) is 1. The van der Waals surface area contributed by atoms with Gasteiger partial charge in [-0.1, -0.05) is 66.6 Å². The molecule has 0 aliphatic carbocycles. The molecule has 0 spiro atoms. The van der Waals surface area contributed by atoms with Crippen LogP contribution in [0.25, 0.3) is 0 Å². The van der Waals surface area contributed by atoms with Crippen LogP contribution < -0.4 is 0 Å². The Kier molecular flexibility index (Phi) is 6.84. The summed E-state index contributed by atoms with van der Waals surface area (Å²) < 4.78 is 6.22. The highest BCUT2D eigenvalue weighted by molar-refractivity contribution is 5.31. The van der Waals surface area contributed by atoms with Gasteiger partial charge in [-0.25, -0.2) is 0 Å². The third kappa shape index (κ3) is 5.16. The topological polar surface area (TPSA) is 32.7 Å². The molecule has 1 aliphatic heterocycles. The molecule has 0 amide bonds. The number of hydrogen-bond donors (Lipinski definition) is 1. The van der Waals surface area contributed by atoms with Crippen LogP contribution >= 0.6 is 0 Å². The minimum atomic E-state index is -0.466. The van der Waals surface area contributed by atoms with Gasteiger partial charge < -0.3 is 9.84 Å². The monoisotopic (exact) mass is 353 g/mol. The second kappa shape index (κ2) is 9.31. The Labute approximate surface area is 157 Å². The maximum Gasteiger partial charge on any atom is 0.108 e. The van der Waals surface area contributed by atoms with Crippen LogP contribution in [0.1, 0.15) is 49.0 Å². The number of aryl methyl sites for hydroxylation is 1. The largest absolute Gasteiger partial charge is 0.389 e. The number of aliphatic hydroxyl groups is 1. The van der Waals surface area contributed by atoms with Gasteiger partial charge in [0.15, 0.2) is 0 Å². The number of nitrogens with zero attached hydrogens (tertiary/aromatic N) is 1. The van der Waals surface area contributed by atoms with Gasteiger partial charge in [0, 0.05) is 12.6 Å². The number of benzene rings is 2. The van der Waals surface area contributed by atoms with Crippen molar-refractivity contribution >= 4 is 0 Å². The lowest BCUT2D eigenvalue weighted by atomic mass is 10.0. The summed E-state index contributed by atoms with van der Waals surface area (Å²) in [6.07, 6.45) is 3.14. The molecule has 0 radical (unpaired) electrons. The Morgan fingerprint density at radius 3 is 2.42 bits per heavy atom. The van der Waals surface area contributed by atoms with Crippen molar-refractivity contribution < 1.29 is 9.84 Å². The van der Waals surface area contributed by atoms with Crippen molar-refractivity contribution in [2.45, 2.75) is 51.4 Å². The summed E-state index contributed by atoms with van der Waals surface area (Å²) in [6.45, 7) is 6.46. The van der Waals surface area contributed by atoms with E-state index in [0.29, 0.717) is 19.2 Å². The first-order valence-corrected chi connectivity index (χ1v) is 9.78. The van der Waals surface area contributed by atoms with Crippen LogP contribution in [0, 0.1) is 6.92 Å². The fourth-order valence-electron chi connectivity index (χ4n) is 3.71. The zero-order valence-corrected chi connectivity index (χ0v) is 16.0. The summed E-state index contributed by atoms with van der Waals surface area (Å²) in [5.41, 5.74) is 3.48. The summed E-state index contributed by atoms with van der Waals surface area (Å²) >= 11 is 0. The summed E-state index contributed by atoms with van der Waals surface area (Å²) in [4.78, 5) is 2.39. The van der Waals surface area contributed by atoms with Crippen molar-refractivity contribution in [2.75, 3.05) is 19.7 Å². The van der Waals surface area contributed by atoms with Crippen LogP contribution in [0.4, 0.5) is 0 Å². The quantitative estimate of drug-likeness (QED) is 0.804. The van der Waals surface area contributed by atoms with Crippen molar-refractivity contribution in [3.8, 4) is 0 Å². The third-order valence-electron chi connectivity index (χ3n) is 5.32. The Morgan fingerprint density at radius 1 is 1.04 bits per heavy atom. The van der Waals surface area contributed by atoms with E-state index in [4.69, 9.17) is 4.74 Å². The predicted molar refractivity (Wildman–Crippen MR) is 106 cm³/mol. The molecule has 3 rings (SSSR count). The molecule has 0 bridgehead atoms. The second-order valence-electron chi connectivity index (χ2n) is 7.53. The van der Waals surface area contributed by atoms with Crippen molar-refractivity contribution in [1.82, 2.24) is 4.90 Å². The standard InChI is InChI=1S/C23H31NO2/c1-18-11-13-21(14-12-18)23(20-9-4-3-5-10-20)26-17-22(25)16-24-15-7-6-8-19(24)2/h3-5,9-14,19,22-23,25H,6-8,15-17H2,1-2H3/t19-,22+,23-/m1/s1. The smallest absolute Gasteiger partial charge is 0.108 e. The molecule has 0 saturated carbocycles. The van der Waals surface area contributed by atoms with E-state index < -0.39 is 6.10 Å². The van der Waals surface area contributed by atoms with Gasteiger partial charge in [-0.2, -0.15) is 0 Å². The lowest BCUT2D eigenvalue weighted by molar-refractivity contribution is -0.0169. The van der Waals surface area contributed by atoms with E-state index in [1.54, 1.807) is 0 Å². The normalized spacial score (nSPS) is 20.7. The number of ether oxygens (including phenoxy) is 1. The summed E-state index contributed by atoms with van der Waals surface area (Å²) in [7, 11) is 0. The molecular weight excluding hydrogens is 322 g/mol. The Balaban J connectivity index is 1.65. The summed E-state index contributed by atoms with van der Waals surface area (Å²) in [6, 6.07) is 19.3. The molecule has 1 N–H and O–H groups in total. The van der Waals surface area contributed by atoms with Crippen molar-refractivity contribution in [2.24, 2.45) is 0 Å². The van der Waals surface area contributed by atoms with Crippen LogP contribution in [0.15, 0.2) is 54.6 Å². The van der Waals surface area contributed by atoms with Crippen molar-refractivity contribution in [3.63, 3.8) is 0 Å². The molecule has 0 unspecified atom stereocenters. The van der Waals surface area contributed by atoms with Crippen molar-refractivity contribution in [1.29, 1.82) is 0 Å². The maximum atomic E-state index is 10.5. The lowest BCUT2D eigenvalue weighted by Gasteiger charge is -2.34. The van der Waals surface area contributed by atoms with E-state index in [9.17, 15) is 5.11 Å². The third-order valence-corrected chi connectivity index (χ3v) is 5.32. The molecule has 1 fully saturated rings. The van der Waals surface area contributed by atoms with Gasteiger partial charge in [0.1, 0.15) is 6.10 Å². The fraction of sp³-hybridized carbons (Fsp3) is 0.478. The summed E-state index contributed by atoms with van der Waals surface area (Å²) in [5, 5.41) is 10.5. The van der Waals surface area contributed by atoms with Gasteiger partial charge in [0.2, 0.25) is 0 Å². The van der Waals surface area contributed by atoms with Crippen LogP contribution in [-0.2, 0) is 4.74 Å². The first kappa shape index (κ1) is 19.1. The molecule has 3 atom stereocenters. The minimum absolute atomic E-state index is 0.148. The first-order chi connectivity index (χ1) is 12.6. The van der Waals surface area contributed by atoms with E-state index in [1.807, 2.05) is 18.2 Å². The van der Waals surface area contributed by atoms with Gasteiger partial charge >= 0.3 is 0 Å². The fourth-order valence-corrected chi connectivity index (χ4v) is 3.71. The van der Waals surface area contributed by atoms with Gasteiger partial charge in [-0.05, 0) is 44.4 Å². The van der Waals surface area contributed by atoms with E-state index in [-0.39, 0.29) is 6.10 Å². The van der Waals surface area contributed by atoms with E-state index in [2.05, 4.69) is 55.1 Å². The van der Waals surface area contributed by atoms with Gasteiger partial charge in [-0.3, -0.25) is 4.90 Å². The molecule has 2 aromatic rings. The average molecular weight is 354 g/mol. The molecule has 0 aromatic heterocycles. The van der Waals surface area contributed by atoms with E-state index >= 15 is 0 Å². The maximum absolute atomic E-state index is 10.5. The van der Waals surface area contributed by atoms with Crippen LogP contribution in [0.5, 0.6) is 0 Å². The highest BCUT2D eigenvalue weighted by atomic mass is 16.5. The number of rotatable bonds is 7. The van der Waals surface area contributed by atoms with Gasteiger partial charge in [0.25, 0.3) is 0 Å². The van der Waals surface area contributed by atoms with Crippen LogP contribution in [0.3, 0.4) is 0 Å². The number of hydrogen-bond acceptors (Lipinski definition) is 3. The molecule has 2 aromatic carbocycles. The molecule has 1 saturated heterocycles. The number of piperidine rings is 1. The zero-order valence-electron chi connectivity index (χ0n) is 16.0. The van der Waals surface area contributed by atoms with Gasteiger partial charge in [-0.15, -0.1) is 0 Å². The molecule has 1 aliphatic rings. The first-order valence-electron chi connectivity index (χ1n) is 9.78. The predicted octanol–water partition coefficient (Wildman–Crippen LogP) is 4.34. The van der Waals surface area contributed by atoms with E-state index in [0.717, 1.165) is 17.7 Å². The molecule has 1 heterocycles. The van der Waals surface area contributed by atoms with E-state index in [1.165, 1.54) is 24.8 Å².